The van der Waals surface area contributed by atoms with Crippen molar-refractivity contribution in [2.45, 2.75) is 38.5 Å². The molecule has 1 aromatic rings. The molecule has 1 atom stereocenters. The SMILES string of the molecule is CC(C)CC(C)(CN)NS(=O)(=O)Cc1ccccc1F.Cl. The molecule has 0 radical (unpaired) electrons. The van der Waals surface area contributed by atoms with Gasteiger partial charge >= 0.3 is 0 Å². The molecule has 7 heteroatoms. The fraction of sp³-hybridized carbons (Fsp3) is 0.571. The smallest absolute Gasteiger partial charge is 0.216 e. The van der Waals surface area contributed by atoms with Crippen molar-refractivity contribution in [1.82, 2.24) is 4.72 Å². The van der Waals surface area contributed by atoms with E-state index in [9.17, 15) is 12.8 Å². The van der Waals surface area contributed by atoms with Gasteiger partial charge in [-0.2, -0.15) is 0 Å². The number of hydrogen-bond acceptors (Lipinski definition) is 3. The van der Waals surface area contributed by atoms with Crippen LogP contribution in [0.4, 0.5) is 4.39 Å². The van der Waals surface area contributed by atoms with E-state index in [1.165, 1.54) is 18.2 Å². The molecule has 4 nitrogen and oxygen atoms in total. The number of benzene rings is 1. The van der Waals surface area contributed by atoms with E-state index in [-0.39, 0.29) is 30.3 Å². The molecule has 1 rings (SSSR count). The van der Waals surface area contributed by atoms with E-state index in [1.54, 1.807) is 13.0 Å². The fourth-order valence-electron chi connectivity index (χ4n) is 2.30. The maximum absolute atomic E-state index is 13.5. The second kappa shape index (κ2) is 8.08. The zero-order valence-corrected chi connectivity index (χ0v) is 14.2. The van der Waals surface area contributed by atoms with Crippen molar-refractivity contribution in [2.24, 2.45) is 11.7 Å². The lowest BCUT2D eigenvalue weighted by molar-refractivity contribution is 0.344. The Kier molecular flexibility index (Phi) is 7.81. The molecule has 0 spiro atoms. The van der Waals surface area contributed by atoms with E-state index in [1.807, 2.05) is 13.8 Å². The third kappa shape index (κ3) is 6.74. The first-order valence-electron chi connectivity index (χ1n) is 6.62. The highest BCUT2D eigenvalue weighted by molar-refractivity contribution is 7.88. The van der Waals surface area contributed by atoms with E-state index >= 15 is 0 Å². The predicted molar refractivity (Wildman–Crippen MR) is 86.3 cm³/mol. The van der Waals surface area contributed by atoms with Crippen molar-refractivity contribution in [1.29, 1.82) is 0 Å². The molecule has 1 aromatic carbocycles. The van der Waals surface area contributed by atoms with Crippen molar-refractivity contribution >= 4 is 22.4 Å². The van der Waals surface area contributed by atoms with Gasteiger partial charge < -0.3 is 5.73 Å². The minimum atomic E-state index is -3.64. The van der Waals surface area contributed by atoms with Gasteiger partial charge in [0.25, 0.3) is 0 Å². The van der Waals surface area contributed by atoms with Gasteiger partial charge in [0.2, 0.25) is 10.0 Å². The Bertz CT molecular complexity index is 552. The molecule has 21 heavy (non-hydrogen) atoms. The van der Waals surface area contributed by atoms with Gasteiger partial charge in [-0.1, -0.05) is 32.0 Å². The molecule has 0 saturated heterocycles. The molecule has 0 saturated carbocycles. The maximum atomic E-state index is 13.5. The van der Waals surface area contributed by atoms with Gasteiger partial charge in [-0.05, 0) is 25.3 Å². The molecule has 0 aliphatic heterocycles. The van der Waals surface area contributed by atoms with Crippen LogP contribution in [0, 0.1) is 11.7 Å². The van der Waals surface area contributed by atoms with Crippen LogP contribution in [0.3, 0.4) is 0 Å². The van der Waals surface area contributed by atoms with Gasteiger partial charge in [0.1, 0.15) is 5.82 Å². The number of hydrogen-bond donors (Lipinski definition) is 2. The van der Waals surface area contributed by atoms with Crippen LogP contribution in [0.1, 0.15) is 32.8 Å². The molecule has 0 bridgehead atoms. The lowest BCUT2D eigenvalue weighted by Gasteiger charge is -2.30. The average molecular weight is 339 g/mol. The summed E-state index contributed by atoms with van der Waals surface area (Å²) in [5.74, 6) is -0.594. The first kappa shape index (κ1) is 20.3. The Morgan fingerprint density at radius 2 is 1.90 bits per heavy atom. The molecule has 122 valence electrons. The number of sulfonamides is 1. The van der Waals surface area contributed by atoms with Crippen LogP contribution in [-0.2, 0) is 15.8 Å². The van der Waals surface area contributed by atoms with E-state index in [4.69, 9.17) is 5.73 Å². The lowest BCUT2D eigenvalue weighted by Crippen LogP contribution is -2.52. The topological polar surface area (TPSA) is 72.2 Å². The van der Waals surface area contributed by atoms with E-state index in [0.29, 0.717) is 12.3 Å². The molecule has 0 aliphatic rings. The third-order valence-corrected chi connectivity index (χ3v) is 4.51. The highest BCUT2D eigenvalue weighted by atomic mass is 35.5. The standard InChI is InChI=1S/C14H23FN2O2S.ClH/c1-11(2)8-14(3,10-16)17-20(18,19)9-12-6-4-5-7-13(12)15;/h4-7,11,17H,8-10,16H2,1-3H3;1H. The number of nitrogens with two attached hydrogens (primary N) is 1. The number of halogens is 2. The van der Waals surface area contributed by atoms with Crippen LogP contribution in [0.25, 0.3) is 0 Å². The first-order valence-corrected chi connectivity index (χ1v) is 8.28. The molecule has 3 N–H and O–H groups in total. The summed E-state index contributed by atoms with van der Waals surface area (Å²) in [5, 5.41) is 0. The fourth-order valence-corrected chi connectivity index (χ4v) is 3.93. The molecule has 0 fully saturated rings. The van der Waals surface area contributed by atoms with Crippen molar-refractivity contribution in [3.63, 3.8) is 0 Å². The quantitative estimate of drug-likeness (QED) is 0.802. The van der Waals surface area contributed by atoms with Crippen molar-refractivity contribution in [3.05, 3.63) is 35.6 Å². The summed E-state index contributed by atoms with van der Waals surface area (Å²) in [5.41, 5.74) is 5.13. The van der Waals surface area contributed by atoms with Gasteiger partial charge in [-0.25, -0.2) is 17.5 Å². The molecule has 0 aromatic heterocycles. The lowest BCUT2D eigenvalue weighted by atomic mass is 9.92. The van der Waals surface area contributed by atoms with Crippen LogP contribution in [-0.4, -0.2) is 20.5 Å². The maximum Gasteiger partial charge on any atom is 0.216 e. The van der Waals surface area contributed by atoms with E-state index in [2.05, 4.69) is 4.72 Å². The van der Waals surface area contributed by atoms with Crippen molar-refractivity contribution < 1.29 is 12.8 Å². The Balaban J connectivity index is 0.00000400. The van der Waals surface area contributed by atoms with Crippen molar-refractivity contribution in [2.75, 3.05) is 6.54 Å². The zero-order chi connectivity index (χ0) is 15.4. The van der Waals surface area contributed by atoms with Gasteiger partial charge in [0.05, 0.1) is 5.75 Å². The van der Waals surface area contributed by atoms with Gasteiger partial charge in [0, 0.05) is 17.6 Å². The summed E-state index contributed by atoms with van der Waals surface area (Å²) in [6.07, 6.45) is 0.625. The van der Waals surface area contributed by atoms with Crippen LogP contribution >= 0.6 is 12.4 Å². The second-order valence-corrected chi connectivity index (χ2v) is 7.54. The highest BCUT2D eigenvalue weighted by Gasteiger charge is 2.29. The first-order chi connectivity index (χ1) is 9.17. The normalized spacial score (nSPS) is 14.6. The Morgan fingerprint density at radius 3 is 2.38 bits per heavy atom. The molecule has 0 amide bonds. The Morgan fingerprint density at radius 1 is 1.33 bits per heavy atom. The minimum absolute atomic E-state index is 0. The summed E-state index contributed by atoms with van der Waals surface area (Å²) >= 11 is 0. The van der Waals surface area contributed by atoms with E-state index < -0.39 is 21.4 Å². The number of nitrogens with one attached hydrogen (secondary N) is 1. The predicted octanol–water partition coefficient (Wildman–Crippen LogP) is 2.43. The van der Waals surface area contributed by atoms with Crippen LogP contribution in [0.5, 0.6) is 0 Å². The van der Waals surface area contributed by atoms with E-state index in [0.717, 1.165) is 0 Å². The van der Waals surface area contributed by atoms with Gasteiger partial charge in [0.15, 0.2) is 0 Å². The summed E-state index contributed by atoms with van der Waals surface area (Å²) < 4.78 is 40.5. The molecule has 1 unspecified atom stereocenters. The summed E-state index contributed by atoms with van der Waals surface area (Å²) in [6, 6.07) is 5.86. The zero-order valence-electron chi connectivity index (χ0n) is 12.6. The van der Waals surface area contributed by atoms with Gasteiger partial charge in [-0.15, -0.1) is 12.4 Å². The van der Waals surface area contributed by atoms with Crippen molar-refractivity contribution in [3.8, 4) is 0 Å². The summed E-state index contributed by atoms with van der Waals surface area (Å²) in [6.45, 7) is 5.96. The second-order valence-electron chi connectivity index (χ2n) is 5.82. The molecule has 0 heterocycles. The third-order valence-electron chi connectivity index (χ3n) is 3.01. The Labute approximate surface area is 132 Å². The molecule has 0 aliphatic carbocycles. The Hall–Kier alpha value is -0.690. The number of rotatable bonds is 7. The molecular formula is C14H24ClFN2O2S. The largest absolute Gasteiger partial charge is 0.329 e. The summed E-state index contributed by atoms with van der Waals surface area (Å²) in [4.78, 5) is 0. The average Bonchev–Trinajstić information content (AvgIpc) is 2.30. The highest BCUT2D eigenvalue weighted by Crippen LogP contribution is 2.18. The summed E-state index contributed by atoms with van der Waals surface area (Å²) in [7, 11) is -3.64. The van der Waals surface area contributed by atoms with Gasteiger partial charge in [-0.3, -0.25) is 0 Å². The minimum Gasteiger partial charge on any atom is -0.329 e. The van der Waals surface area contributed by atoms with Crippen LogP contribution in [0.2, 0.25) is 0 Å². The van der Waals surface area contributed by atoms with Crippen LogP contribution in [0.15, 0.2) is 24.3 Å². The van der Waals surface area contributed by atoms with Crippen LogP contribution < -0.4 is 10.5 Å². The monoisotopic (exact) mass is 338 g/mol. The molecular weight excluding hydrogens is 315 g/mol.